The molecule has 1 aromatic heterocycles. The molecule has 3 heterocycles. The summed E-state index contributed by atoms with van der Waals surface area (Å²) in [6, 6.07) is 1.96. The van der Waals surface area contributed by atoms with Crippen LogP contribution in [0.15, 0.2) is 6.07 Å². The van der Waals surface area contributed by atoms with Gasteiger partial charge in [-0.25, -0.2) is 0 Å². The largest absolute Gasteiger partial charge is 0.339 e. The van der Waals surface area contributed by atoms with Crippen molar-refractivity contribution >= 4 is 11.8 Å². The number of aromatic nitrogens is 2. The van der Waals surface area contributed by atoms with E-state index in [1.165, 1.54) is 31.4 Å². The SMILES string of the molecule is O=C(c1cc2n(n1)CCCC2)N1CCN(C(=O)C2CCCCC2)CC1. The molecule has 1 saturated heterocycles. The van der Waals surface area contributed by atoms with Crippen molar-refractivity contribution in [1.29, 1.82) is 0 Å². The molecule has 2 fully saturated rings. The topological polar surface area (TPSA) is 58.4 Å². The smallest absolute Gasteiger partial charge is 0.274 e. The van der Waals surface area contributed by atoms with Gasteiger partial charge in [0.15, 0.2) is 5.69 Å². The van der Waals surface area contributed by atoms with Gasteiger partial charge in [0.25, 0.3) is 5.91 Å². The van der Waals surface area contributed by atoms with E-state index < -0.39 is 0 Å². The third kappa shape index (κ3) is 3.44. The van der Waals surface area contributed by atoms with Crippen molar-refractivity contribution in [1.82, 2.24) is 19.6 Å². The molecule has 4 rings (SSSR count). The van der Waals surface area contributed by atoms with Crippen molar-refractivity contribution in [3.8, 4) is 0 Å². The number of piperazine rings is 1. The summed E-state index contributed by atoms with van der Waals surface area (Å²) in [4.78, 5) is 29.2. The highest BCUT2D eigenvalue weighted by molar-refractivity contribution is 5.92. The van der Waals surface area contributed by atoms with E-state index in [0.717, 1.165) is 32.2 Å². The van der Waals surface area contributed by atoms with Crippen LogP contribution in [0.1, 0.15) is 61.1 Å². The molecule has 25 heavy (non-hydrogen) atoms. The van der Waals surface area contributed by atoms with Gasteiger partial charge < -0.3 is 9.80 Å². The lowest BCUT2D eigenvalue weighted by atomic mass is 9.88. The average Bonchev–Trinajstić information content (AvgIpc) is 3.12. The number of hydrogen-bond acceptors (Lipinski definition) is 3. The highest BCUT2D eigenvalue weighted by Crippen LogP contribution is 2.26. The van der Waals surface area contributed by atoms with Crippen LogP contribution in [0.25, 0.3) is 0 Å². The summed E-state index contributed by atoms with van der Waals surface area (Å²) in [6.45, 7) is 3.49. The summed E-state index contributed by atoms with van der Waals surface area (Å²) in [5.74, 6) is 0.548. The van der Waals surface area contributed by atoms with Crippen LogP contribution >= 0.6 is 0 Å². The van der Waals surface area contributed by atoms with E-state index in [1.807, 2.05) is 20.5 Å². The second-order valence-electron chi connectivity index (χ2n) is 7.65. The first kappa shape index (κ1) is 16.6. The first-order valence-corrected chi connectivity index (χ1v) is 9.87. The van der Waals surface area contributed by atoms with Crippen molar-refractivity contribution in [2.24, 2.45) is 5.92 Å². The van der Waals surface area contributed by atoms with Crippen molar-refractivity contribution in [3.63, 3.8) is 0 Å². The van der Waals surface area contributed by atoms with Gasteiger partial charge in [-0.3, -0.25) is 14.3 Å². The average molecular weight is 344 g/mol. The molecule has 1 aliphatic carbocycles. The maximum atomic E-state index is 12.7. The summed E-state index contributed by atoms with van der Waals surface area (Å²) in [6.07, 6.45) is 9.05. The van der Waals surface area contributed by atoms with Gasteiger partial charge in [0.05, 0.1) is 0 Å². The Kier molecular flexibility index (Phi) is 4.77. The number of hydrogen-bond donors (Lipinski definition) is 0. The molecule has 6 nitrogen and oxygen atoms in total. The van der Waals surface area contributed by atoms with E-state index in [1.54, 1.807) is 0 Å². The van der Waals surface area contributed by atoms with Crippen LogP contribution in [0, 0.1) is 5.92 Å². The zero-order valence-corrected chi connectivity index (χ0v) is 15.0. The minimum atomic E-state index is 0.0201. The molecule has 6 heteroatoms. The summed E-state index contributed by atoms with van der Waals surface area (Å²) in [5, 5.41) is 4.50. The maximum absolute atomic E-state index is 12.7. The second kappa shape index (κ2) is 7.18. The normalized spacial score (nSPS) is 21.9. The number of aryl methyl sites for hydroxylation is 2. The molecule has 1 saturated carbocycles. The number of carbonyl (C=O) groups excluding carboxylic acids is 2. The van der Waals surface area contributed by atoms with Gasteiger partial charge >= 0.3 is 0 Å². The fraction of sp³-hybridized carbons (Fsp3) is 0.737. The lowest BCUT2D eigenvalue weighted by Crippen LogP contribution is -2.52. The molecule has 0 aromatic carbocycles. The fourth-order valence-corrected chi connectivity index (χ4v) is 4.42. The van der Waals surface area contributed by atoms with Gasteiger partial charge in [-0.05, 0) is 38.2 Å². The molecule has 0 N–H and O–H groups in total. The highest BCUT2D eigenvalue weighted by Gasteiger charge is 2.30. The van der Waals surface area contributed by atoms with Crippen LogP contribution in [-0.2, 0) is 17.8 Å². The van der Waals surface area contributed by atoms with E-state index in [0.29, 0.717) is 37.8 Å². The zero-order valence-electron chi connectivity index (χ0n) is 15.0. The zero-order chi connectivity index (χ0) is 17.2. The Morgan fingerprint density at radius 1 is 0.880 bits per heavy atom. The summed E-state index contributed by atoms with van der Waals surface area (Å²) < 4.78 is 1.99. The minimum Gasteiger partial charge on any atom is -0.339 e. The van der Waals surface area contributed by atoms with Crippen LogP contribution in [0.3, 0.4) is 0 Å². The molecule has 2 amide bonds. The Hall–Kier alpha value is -1.85. The van der Waals surface area contributed by atoms with Crippen molar-refractivity contribution < 1.29 is 9.59 Å². The van der Waals surface area contributed by atoms with Crippen LogP contribution < -0.4 is 0 Å². The molecule has 2 aliphatic heterocycles. The molecule has 136 valence electrons. The third-order valence-electron chi connectivity index (χ3n) is 5.97. The Morgan fingerprint density at radius 2 is 1.60 bits per heavy atom. The monoisotopic (exact) mass is 344 g/mol. The van der Waals surface area contributed by atoms with Crippen LogP contribution in [0.2, 0.25) is 0 Å². The third-order valence-corrected chi connectivity index (χ3v) is 5.97. The number of rotatable bonds is 2. The molecule has 0 atom stereocenters. The predicted octanol–water partition coefficient (Wildman–Crippen LogP) is 2.08. The number of fused-ring (bicyclic) bond motifs is 1. The summed E-state index contributed by atoms with van der Waals surface area (Å²) in [5.41, 5.74) is 1.75. The quantitative estimate of drug-likeness (QED) is 0.825. The molecule has 0 radical (unpaired) electrons. The Labute approximate surface area is 149 Å². The van der Waals surface area contributed by atoms with E-state index in [9.17, 15) is 9.59 Å². The van der Waals surface area contributed by atoms with Crippen molar-refractivity contribution in [2.45, 2.75) is 57.9 Å². The fourth-order valence-electron chi connectivity index (χ4n) is 4.42. The number of carbonyl (C=O) groups is 2. The minimum absolute atomic E-state index is 0.0201. The molecule has 3 aliphatic rings. The van der Waals surface area contributed by atoms with Crippen LogP contribution in [0.5, 0.6) is 0 Å². The van der Waals surface area contributed by atoms with E-state index in [2.05, 4.69) is 5.10 Å². The van der Waals surface area contributed by atoms with Gasteiger partial charge in [0, 0.05) is 44.3 Å². The lowest BCUT2D eigenvalue weighted by molar-refractivity contribution is -0.138. The Bertz CT molecular complexity index is 616. The van der Waals surface area contributed by atoms with Gasteiger partial charge in [-0.1, -0.05) is 19.3 Å². The maximum Gasteiger partial charge on any atom is 0.274 e. The number of nitrogens with zero attached hydrogens (tertiary/aromatic N) is 4. The predicted molar refractivity (Wildman–Crippen MR) is 94.2 cm³/mol. The Balaban J connectivity index is 1.34. The number of amides is 2. The summed E-state index contributed by atoms with van der Waals surface area (Å²) in [7, 11) is 0. The molecule has 1 aromatic rings. The van der Waals surface area contributed by atoms with Crippen molar-refractivity contribution in [3.05, 3.63) is 17.5 Å². The van der Waals surface area contributed by atoms with Gasteiger partial charge in [0.2, 0.25) is 5.91 Å². The van der Waals surface area contributed by atoms with E-state index in [-0.39, 0.29) is 11.8 Å². The first-order chi connectivity index (χ1) is 12.2. The van der Waals surface area contributed by atoms with E-state index >= 15 is 0 Å². The summed E-state index contributed by atoms with van der Waals surface area (Å²) >= 11 is 0. The van der Waals surface area contributed by atoms with Crippen LogP contribution in [-0.4, -0.2) is 57.6 Å². The van der Waals surface area contributed by atoms with Crippen molar-refractivity contribution in [2.75, 3.05) is 26.2 Å². The van der Waals surface area contributed by atoms with Crippen LogP contribution in [0.4, 0.5) is 0 Å². The molecular weight excluding hydrogens is 316 g/mol. The molecular formula is C19H28N4O2. The highest BCUT2D eigenvalue weighted by atomic mass is 16.2. The van der Waals surface area contributed by atoms with Gasteiger partial charge in [-0.15, -0.1) is 0 Å². The van der Waals surface area contributed by atoms with Gasteiger partial charge in [-0.2, -0.15) is 5.10 Å². The molecule has 0 bridgehead atoms. The lowest BCUT2D eigenvalue weighted by Gasteiger charge is -2.36. The van der Waals surface area contributed by atoms with E-state index in [4.69, 9.17) is 0 Å². The van der Waals surface area contributed by atoms with Gasteiger partial charge in [0.1, 0.15) is 0 Å². The molecule has 0 spiro atoms. The molecule has 0 unspecified atom stereocenters. The second-order valence-corrected chi connectivity index (χ2v) is 7.65. The standard InChI is InChI=1S/C19H28N4O2/c24-18(15-6-2-1-3-7-15)21-10-12-22(13-11-21)19(25)17-14-16-8-4-5-9-23(16)20-17/h14-15H,1-13H2. The Morgan fingerprint density at radius 3 is 2.32 bits per heavy atom. The first-order valence-electron chi connectivity index (χ1n) is 9.87.